The van der Waals surface area contributed by atoms with Gasteiger partial charge in [0.15, 0.2) is 9.37 Å². The fourth-order valence-electron chi connectivity index (χ4n) is 0.430. The molecule has 0 aromatic carbocycles. The van der Waals surface area contributed by atoms with Crippen molar-refractivity contribution in [1.29, 1.82) is 5.41 Å². The van der Waals surface area contributed by atoms with Crippen molar-refractivity contribution in [1.82, 2.24) is 0 Å². The van der Waals surface area contributed by atoms with Gasteiger partial charge in [0.2, 0.25) is 0 Å². The van der Waals surface area contributed by atoms with E-state index in [0.717, 1.165) is 11.8 Å². The lowest BCUT2D eigenvalue weighted by Gasteiger charge is -2.16. The standard InChI is InChI=1S/C5H9ClN2O2S.ClH/c1-5(6,3(9)10-2)11-4(7)8;/h1-2H3,(H3,7,8);1H. The van der Waals surface area contributed by atoms with Gasteiger partial charge in [-0.1, -0.05) is 23.4 Å². The molecule has 0 heterocycles. The Hall–Kier alpha value is -0.130. The molecule has 0 saturated heterocycles. The molecule has 0 rings (SSSR count). The molecule has 7 heteroatoms. The van der Waals surface area contributed by atoms with Gasteiger partial charge in [-0.15, -0.1) is 12.4 Å². The van der Waals surface area contributed by atoms with Gasteiger partial charge in [-0.3, -0.25) is 5.41 Å². The van der Waals surface area contributed by atoms with Crippen molar-refractivity contribution in [3.8, 4) is 0 Å². The number of hydrogen-bond donors (Lipinski definition) is 2. The number of ether oxygens (including phenoxy) is 1. The summed E-state index contributed by atoms with van der Waals surface area (Å²) < 4.78 is 3.08. The molecular formula is C5H10Cl2N2O2S. The maximum Gasteiger partial charge on any atom is 0.337 e. The lowest BCUT2D eigenvalue weighted by Crippen LogP contribution is -2.29. The highest BCUT2D eigenvalue weighted by molar-refractivity contribution is 8.16. The smallest absolute Gasteiger partial charge is 0.337 e. The average Bonchev–Trinajstić information content (AvgIpc) is 1.83. The molecule has 0 bridgehead atoms. The Balaban J connectivity index is 0. The Morgan fingerprint density at radius 1 is 1.75 bits per heavy atom. The lowest BCUT2D eigenvalue weighted by molar-refractivity contribution is -0.140. The Labute approximate surface area is 86.1 Å². The van der Waals surface area contributed by atoms with Crippen molar-refractivity contribution < 1.29 is 9.53 Å². The quantitative estimate of drug-likeness (QED) is 0.325. The van der Waals surface area contributed by atoms with Crippen LogP contribution in [0.15, 0.2) is 0 Å². The van der Waals surface area contributed by atoms with E-state index in [-0.39, 0.29) is 17.6 Å². The fourth-order valence-corrected chi connectivity index (χ4v) is 1.34. The predicted octanol–water partition coefficient (Wildman–Crippen LogP) is 1.16. The van der Waals surface area contributed by atoms with Crippen LogP contribution < -0.4 is 5.73 Å². The van der Waals surface area contributed by atoms with Gasteiger partial charge in [-0.25, -0.2) is 4.79 Å². The number of esters is 1. The molecule has 1 unspecified atom stereocenters. The van der Waals surface area contributed by atoms with Crippen molar-refractivity contribution in [2.45, 2.75) is 11.1 Å². The highest BCUT2D eigenvalue weighted by Crippen LogP contribution is 2.30. The predicted molar refractivity (Wildman–Crippen MR) is 53.0 cm³/mol. The van der Waals surface area contributed by atoms with E-state index in [1.54, 1.807) is 0 Å². The summed E-state index contributed by atoms with van der Waals surface area (Å²) >= 11 is 6.39. The van der Waals surface area contributed by atoms with Gasteiger partial charge in [-0.05, 0) is 6.92 Å². The summed E-state index contributed by atoms with van der Waals surface area (Å²) in [5.41, 5.74) is 5.03. The topological polar surface area (TPSA) is 76.2 Å². The van der Waals surface area contributed by atoms with Crippen LogP contribution in [-0.4, -0.2) is 22.5 Å². The number of carbonyl (C=O) groups is 1. The van der Waals surface area contributed by atoms with Gasteiger partial charge in [0.1, 0.15) is 0 Å². The van der Waals surface area contributed by atoms with Gasteiger partial charge in [0, 0.05) is 0 Å². The molecule has 0 spiro atoms. The molecule has 12 heavy (non-hydrogen) atoms. The van der Waals surface area contributed by atoms with E-state index in [1.165, 1.54) is 14.0 Å². The zero-order valence-corrected chi connectivity index (χ0v) is 8.98. The van der Waals surface area contributed by atoms with Gasteiger partial charge in [0.05, 0.1) is 7.11 Å². The third-order valence-corrected chi connectivity index (χ3v) is 2.01. The zero-order valence-electron chi connectivity index (χ0n) is 6.59. The molecular weight excluding hydrogens is 223 g/mol. The number of hydrogen-bond acceptors (Lipinski definition) is 4. The molecule has 0 aliphatic heterocycles. The Morgan fingerprint density at radius 3 is 2.42 bits per heavy atom. The SMILES string of the molecule is COC(=O)C(C)(Cl)SC(=N)N.Cl. The minimum absolute atomic E-state index is 0. The van der Waals surface area contributed by atoms with E-state index in [0.29, 0.717) is 0 Å². The molecule has 0 aromatic heterocycles. The lowest BCUT2D eigenvalue weighted by atomic mass is 10.5. The summed E-state index contributed by atoms with van der Waals surface area (Å²) in [4.78, 5) is 10.8. The highest BCUT2D eigenvalue weighted by atomic mass is 35.5. The van der Waals surface area contributed by atoms with E-state index in [1.807, 2.05) is 0 Å². The summed E-state index contributed by atoms with van der Waals surface area (Å²) in [6.45, 7) is 1.42. The van der Waals surface area contributed by atoms with Crippen LogP contribution in [0.25, 0.3) is 0 Å². The van der Waals surface area contributed by atoms with Crippen molar-refractivity contribution in [3.63, 3.8) is 0 Å². The maximum absolute atomic E-state index is 10.8. The summed E-state index contributed by atoms with van der Waals surface area (Å²) in [5.74, 6) is -0.612. The molecule has 0 fully saturated rings. The number of carbonyl (C=O) groups excluding carboxylic acids is 1. The molecule has 0 saturated carbocycles. The second kappa shape index (κ2) is 5.50. The van der Waals surface area contributed by atoms with Gasteiger partial charge in [0.25, 0.3) is 0 Å². The van der Waals surface area contributed by atoms with Gasteiger partial charge in [-0.2, -0.15) is 0 Å². The first kappa shape index (κ1) is 14.4. The largest absolute Gasteiger partial charge is 0.467 e. The monoisotopic (exact) mass is 232 g/mol. The van der Waals surface area contributed by atoms with Crippen molar-refractivity contribution in [3.05, 3.63) is 0 Å². The molecule has 0 amide bonds. The van der Waals surface area contributed by atoms with Gasteiger partial charge >= 0.3 is 5.97 Å². The average molecular weight is 233 g/mol. The summed E-state index contributed by atoms with van der Waals surface area (Å²) in [7, 11) is 1.23. The van der Waals surface area contributed by atoms with E-state index >= 15 is 0 Å². The Morgan fingerprint density at radius 2 is 2.17 bits per heavy atom. The molecule has 0 aliphatic rings. The van der Waals surface area contributed by atoms with Gasteiger partial charge < -0.3 is 10.5 Å². The Kier molecular flexibility index (Phi) is 6.60. The molecule has 0 radical (unpaired) electrons. The minimum Gasteiger partial charge on any atom is -0.467 e. The number of nitrogens with two attached hydrogens (primary N) is 1. The maximum atomic E-state index is 10.8. The molecule has 72 valence electrons. The summed E-state index contributed by atoms with van der Waals surface area (Å²) in [5, 5.41) is 6.65. The first-order valence-electron chi connectivity index (χ1n) is 2.70. The third kappa shape index (κ3) is 4.69. The van der Waals surface area contributed by atoms with Crippen LogP contribution in [0.1, 0.15) is 6.92 Å². The summed E-state index contributed by atoms with van der Waals surface area (Å²) in [6.07, 6.45) is 0. The third-order valence-electron chi connectivity index (χ3n) is 0.852. The van der Waals surface area contributed by atoms with Crippen molar-refractivity contribution >= 4 is 46.9 Å². The van der Waals surface area contributed by atoms with Crippen LogP contribution in [0.4, 0.5) is 0 Å². The first-order chi connectivity index (χ1) is 4.90. The summed E-state index contributed by atoms with van der Waals surface area (Å²) in [6, 6.07) is 0. The zero-order chi connectivity index (χ0) is 9.07. The second-order valence-corrected chi connectivity index (χ2v) is 4.32. The van der Waals surface area contributed by atoms with Crippen LogP contribution in [0.5, 0.6) is 0 Å². The van der Waals surface area contributed by atoms with E-state index in [9.17, 15) is 4.79 Å². The second-order valence-electron chi connectivity index (χ2n) is 1.87. The van der Waals surface area contributed by atoms with E-state index < -0.39 is 10.2 Å². The number of nitrogens with one attached hydrogen (secondary N) is 1. The normalized spacial score (nSPS) is 13.9. The van der Waals surface area contributed by atoms with Crippen molar-refractivity contribution in [2.75, 3.05) is 7.11 Å². The fraction of sp³-hybridized carbons (Fsp3) is 0.600. The van der Waals surface area contributed by atoms with E-state index in [4.69, 9.17) is 22.7 Å². The van der Waals surface area contributed by atoms with Crippen LogP contribution in [0, 0.1) is 5.41 Å². The molecule has 4 nitrogen and oxygen atoms in total. The molecule has 0 aliphatic carbocycles. The number of amidine groups is 1. The minimum atomic E-state index is -1.29. The molecule has 1 atom stereocenters. The number of halogens is 2. The van der Waals surface area contributed by atoms with Crippen LogP contribution in [0.2, 0.25) is 0 Å². The number of alkyl halides is 1. The molecule has 0 aromatic rings. The highest BCUT2D eigenvalue weighted by Gasteiger charge is 2.33. The Bertz CT molecular complexity index is 186. The number of rotatable bonds is 2. The number of thioether (sulfide) groups is 1. The van der Waals surface area contributed by atoms with Crippen molar-refractivity contribution in [2.24, 2.45) is 5.73 Å². The molecule has 3 N–H and O–H groups in total. The van der Waals surface area contributed by atoms with Crippen LogP contribution in [-0.2, 0) is 9.53 Å². The number of methoxy groups -OCH3 is 1. The van der Waals surface area contributed by atoms with E-state index in [2.05, 4.69) is 4.74 Å². The van der Waals surface area contributed by atoms with Crippen LogP contribution in [0.3, 0.4) is 0 Å². The van der Waals surface area contributed by atoms with Crippen LogP contribution >= 0.6 is 35.8 Å². The first-order valence-corrected chi connectivity index (χ1v) is 3.90.